The molecule has 0 saturated heterocycles. The van der Waals surface area contributed by atoms with Crippen molar-refractivity contribution in [3.63, 3.8) is 0 Å². The first-order chi connectivity index (χ1) is 29.3. The Kier molecular flexibility index (Phi) is 8.81. The fourth-order valence-electron chi connectivity index (χ4n) is 11.8. The van der Waals surface area contributed by atoms with Gasteiger partial charge >= 0.3 is 0 Å². The molecule has 324 valence electrons. The summed E-state index contributed by atoms with van der Waals surface area (Å²) < 4.78 is 0. The number of rotatable bonds is 2. The van der Waals surface area contributed by atoms with Gasteiger partial charge in [-0.2, -0.15) is 0 Å². The molecule has 0 fully saturated rings. The molecule has 0 spiro atoms. The van der Waals surface area contributed by atoms with Crippen LogP contribution in [0.2, 0.25) is 0 Å². The molecule has 1 unspecified atom stereocenters. The molecule has 0 saturated carbocycles. The molecule has 0 amide bonds. The lowest BCUT2D eigenvalue weighted by Crippen LogP contribution is -2.36. The maximum atomic E-state index is 2.70. The lowest BCUT2D eigenvalue weighted by Gasteiger charge is -2.49. The Balaban J connectivity index is 1.38. The third-order valence-electron chi connectivity index (χ3n) is 15.9. The van der Waals surface area contributed by atoms with E-state index < -0.39 is 0 Å². The SMILES string of the molecule is Cc1cc(C(C)(C)C)ccc1N1c2cc3c(cc2C2c4cc(C(C)(C)C)ccc4N(c4cccc5c4-c4ccccc4C5(C)C)c4cc(C(C)(C)C)cc1c42)C(C)(C)CCC3(C)C. The molecular formula is C61H70N2. The second-order valence-corrected chi connectivity index (χ2v) is 24.7. The molecule has 6 aromatic carbocycles. The second-order valence-electron chi connectivity index (χ2n) is 24.7. The zero-order valence-electron chi connectivity index (χ0n) is 41.2. The van der Waals surface area contributed by atoms with Crippen molar-refractivity contribution in [3.8, 4) is 11.1 Å². The first-order valence-electron chi connectivity index (χ1n) is 23.8. The Hall–Kier alpha value is -5.08. The van der Waals surface area contributed by atoms with Gasteiger partial charge in [-0.15, -0.1) is 0 Å². The molecule has 2 aliphatic carbocycles. The Morgan fingerprint density at radius 1 is 0.444 bits per heavy atom. The van der Waals surface area contributed by atoms with E-state index in [-0.39, 0.29) is 38.4 Å². The van der Waals surface area contributed by atoms with Crippen LogP contribution in [0.3, 0.4) is 0 Å². The van der Waals surface area contributed by atoms with Crippen molar-refractivity contribution < 1.29 is 0 Å². The van der Waals surface area contributed by atoms with Crippen LogP contribution < -0.4 is 9.80 Å². The summed E-state index contributed by atoms with van der Waals surface area (Å²) in [6.45, 7) is 38.4. The molecule has 0 bridgehead atoms. The van der Waals surface area contributed by atoms with Crippen molar-refractivity contribution in [2.24, 2.45) is 0 Å². The second kappa shape index (κ2) is 13.2. The highest BCUT2D eigenvalue weighted by molar-refractivity contribution is 6.01. The van der Waals surface area contributed by atoms with Gasteiger partial charge in [0, 0.05) is 28.1 Å². The van der Waals surface area contributed by atoms with Crippen molar-refractivity contribution in [2.75, 3.05) is 9.80 Å². The van der Waals surface area contributed by atoms with Gasteiger partial charge in [0.25, 0.3) is 0 Å². The summed E-state index contributed by atoms with van der Waals surface area (Å²) in [6, 6.07) is 41.5. The molecule has 0 aromatic heterocycles. The summed E-state index contributed by atoms with van der Waals surface area (Å²) in [6.07, 6.45) is 2.36. The first-order valence-corrected chi connectivity index (χ1v) is 23.8. The van der Waals surface area contributed by atoms with Gasteiger partial charge in [0.1, 0.15) is 0 Å². The lowest BCUT2D eigenvalue weighted by atomic mass is 9.61. The van der Waals surface area contributed by atoms with E-state index in [1.165, 1.54) is 119 Å². The summed E-state index contributed by atoms with van der Waals surface area (Å²) in [5, 5.41) is 0. The number of anilines is 6. The smallest absolute Gasteiger partial charge is 0.0543 e. The van der Waals surface area contributed by atoms with Crippen molar-refractivity contribution in [3.05, 3.63) is 164 Å². The molecule has 0 radical (unpaired) electrons. The van der Waals surface area contributed by atoms with Crippen LogP contribution in [-0.4, -0.2) is 0 Å². The normalized spacial score (nSPS) is 18.8. The quantitative estimate of drug-likeness (QED) is 0.171. The molecule has 4 aliphatic rings. The lowest BCUT2D eigenvalue weighted by molar-refractivity contribution is 0.331. The van der Waals surface area contributed by atoms with Crippen LogP contribution >= 0.6 is 0 Å². The summed E-state index contributed by atoms with van der Waals surface area (Å²) >= 11 is 0. The highest BCUT2D eigenvalue weighted by atomic mass is 15.2. The molecule has 2 nitrogen and oxygen atoms in total. The van der Waals surface area contributed by atoms with Crippen molar-refractivity contribution >= 4 is 34.1 Å². The number of aryl methyl sites for hydroxylation is 1. The summed E-state index contributed by atoms with van der Waals surface area (Å²) in [5.41, 5.74) is 25.8. The van der Waals surface area contributed by atoms with Crippen LogP contribution in [0.1, 0.15) is 184 Å². The first kappa shape index (κ1) is 41.9. The predicted molar refractivity (Wildman–Crippen MR) is 270 cm³/mol. The number of fused-ring (bicyclic) bond motifs is 8. The molecule has 10 rings (SSSR count). The van der Waals surface area contributed by atoms with E-state index in [0.717, 1.165) is 0 Å². The van der Waals surface area contributed by atoms with Gasteiger partial charge < -0.3 is 9.80 Å². The van der Waals surface area contributed by atoms with Gasteiger partial charge in [0.15, 0.2) is 0 Å². The van der Waals surface area contributed by atoms with E-state index >= 15 is 0 Å². The molecule has 6 aromatic rings. The molecule has 2 heteroatoms. The van der Waals surface area contributed by atoms with Crippen LogP contribution in [0.5, 0.6) is 0 Å². The molecule has 2 aliphatic heterocycles. The van der Waals surface area contributed by atoms with Crippen LogP contribution in [0.25, 0.3) is 11.1 Å². The van der Waals surface area contributed by atoms with E-state index in [0.29, 0.717) is 0 Å². The zero-order chi connectivity index (χ0) is 45.1. The molecule has 1 atom stereocenters. The minimum Gasteiger partial charge on any atom is -0.310 e. The Labute approximate surface area is 379 Å². The van der Waals surface area contributed by atoms with Crippen molar-refractivity contribution in [1.82, 2.24) is 0 Å². The van der Waals surface area contributed by atoms with Crippen LogP contribution in [0.15, 0.2) is 103 Å². The van der Waals surface area contributed by atoms with Gasteiger partial charge in [-0.05, 0) is 144 Å². The maximum absolute atomic E-state index is 2.70. The Morgan fingerprint density at radius 3 is 1.57 bits per heavy atom. The average molecular weight is 831 g/mol. The van der Waals surface area contributed by atoms with Gasteiger partial charge in [0.2, 0.25) is 0 Å². The fraction of sp³-hybridized carbons (Fsp3) is 0.410. The van der Waals surface area contributed by atoms with Crippen molar-refractivity contribution in [1.29, 1.82) is 0 Å². The molecule has 2 heterocycles. The van der Waals surface area contributed by atoms with E-state index in [4.69, 9.17) is 0 Å². The van der Waals surface area contributed by atoms with Gasteiger partial charge in [-0.1, -0.05) is 171 Å². The summed E-state index contributed by atoms with van der Waals surface area (Å²) in [4.78, 5) is 5.39. The summed E-state index contributed by atoms with van der Waals surface area (Å²) in [7, 11) is 0. The average Bonchev–Trinajstić information content (AvgIpc) is 3.44. The standard InChI is InChI=1S/C61H70N2/c1-36-30-37(56(2,3)4)24-26-47(36)62-50-35-46-45(59(11,12)28-29-60(46,13)14)34-42(50)53-41-31-38(57(5,6)7)25-27-48(41)63(52-33-39(58(8,9)10)32-51(62)55(52)53)49-23-19-22-44-54(49)40-20-17-18-21-43(40)61(44,15)16/h17-27,30-35,53H,28-29H2,1-16H3. The minimum absolute atomic E-state index is 0.0205. The minimum atomic E-state index is -0.113. The number of benzene rings is 6. The third-order valence-corrected chi connectivity index (χ3v) is 15.9. The Bertz CT molecular complexity index is 2890. The third kappa shape index (κ3) is 6.16. The maximum Gasteiger partial charge on any atom is 0.0543 e. The number of hydrogen-bond donors (Lipinski definition) is 0. The highest BCUT2D eigenvalue weighted by Crippen LogP contribution is 2.65. The van der Waals surface area contributed by atoms with Crippen molar-refractivity contribution in [2.45, 2.75) is 162 Å². The monoisotopic (exact) mass is 831 g/mol. The molecule has 0 N–H and O–H groups in total. The van der Waals surface area contributed by atoms with E-state index in [2.05, 4.69) is 224 Å². The zero-order valence-corrected chi connectivity index (χ0v) is 41.2. The topological polar surface area (TPSA) is 6.48 Å². The number of nitrogens with zero attached hydrogens (tertiary/aromatic N) is 2. The number of hydrogen-bond acceptors (Lipinski definition) is 2. The summed E-state index contributed by atoms with van der Waals surface area (Å²) in [5.74, 6) is 0.0459. The molecular weight excluding hydrogens is 761 g/mol. The van der Waals surface area contributed by atoms with E-state index in [9.17, 15) is 0 Å². The molecule has 63 heavy (non-hydrogen) atoms. The van der Waals surface area contributed by atoms with Crippen LogP contribution in [0, 0.1) is 6.92 Å². The largest absolute Gasteiger partial charge is 0.310 e. The van der Waals surface area contributed by atoms with Crippen LogP contribution in [-0.2, 0) is 32.5 Å². The van der Waals surface area contributed by atoms with Crippen LogP contribution in [0.4, 0.5) is 34.1 Å². The van der Waals surface area contributed by atoms with Gasteiger partial charge in [-0.25, -0.2) is 0 Å². The van der Waals surface area contributed by atoms with E-state index in [1.807, 2.05) is 0 Å². The van der Waals surface area contributed by atoms with Gasteiger partial charge in [0.05, 0.1) is 28.4 Å². The highest BCUT2D eigenvalue weighted by Gasteiger charge is 2.47. The fourth-order valence-corrected chi connectivity index (χ4v) is 11.8. The van der Waals surface area contributed by atoms with Gasteiger partial charge in [-0.3, -0.25) is 0 Å². The Morgan fingerprint density at radius 2 is 0.968 bits per heavy atom. The predicted octanol–water partition coefficient (Wildman–Crippen LogP) is 17.3. The van der Waals surface area contributed by atoms with E-state index in [1.54, 1.807) is 0 Å².